The van der Waals surface area contributed by atoms with Crippen LogP contribution in [0.3, 0.4) is 0 Å². The lowest BCUT2D eigenvalue weighted by Crippen LogP contribution is -2.39. The standard InChI is InChI=1S/C36H35IN2O8S/c1-6-44-26-15-13-24(14-16-26)31-30(35(42)46-8-3)21(4)38-36-39(31)33(40)29(48-36)19-23-17-27(37)32(28(18-23)43-5)47-20-22-9-11-25(12-10-22)34(41)45-7-2/h9-19,31H,6-8,20H2,1-5H3/b29-19-/t31-/m0/s1. The minimum Gasteiger partial charge on any atom is -0.494 e. The summed E-state index contributed by atoms with van der Waals surface area (Å²) in [4.78, 5) is 44.4. The summed E-state index contributed by atoms with van der Waals surface area (Å²) in [5.74, 6) is 0.852. The molecule has 5 rings (SSSR count). The maximum atomic E-state index is 14.1. The van der Waals surface area contributed by atoms with Gasteiger partial charge in [-0.1, -0.05) is 35.6 Å². The van der Waals surface area contributed by atoms with Crippen LogP contribution in [0.25, 0.3) is 6.08 Å². The van der Waals surface area contributed by atoms with Crippen molar-refractivity contribution in [2.45, 2.75) is 40.3 Å². The number of allylic oxidation sites excluding steroid dienone is 1. The molecule has 1 aliphatic heterocycles. The second-order valence-electron chi connectivity index (χ2n) is 10.5. The van der Waals surface area contributed by atoms with Crippen LogP contribution in [0.1, 0.15) is 60.8 Å². The summed E-state index contributed by atoms with van der Waals surface area (Å²) in [5, 5.41) is 0. The quantitative estimate of drug-likeness (QED) is 0.136. The number of hydrogen-bond acceptors (Lipinski definition) is 10. The van der Waals surface area contributed by atoms with Crippen molar-refractivity contribution in [1.82, 2.24) is 4.57 Å². The van der Waals surface area contributed by atoms with Crippen molar-refractivity contribution in [1.29, 1.82) is 0 Å². The molecule has 0 spiro atoms. The predicted octanol–water partition coefficient (Wildman–Crippen LogP) is 5.57. The first-order valence-electron chi connectivity index (χ1n) is 15.4. The van der Waals surface area contributed by atoms with E-state index in [2.05, 4.69) is 27.6 Å². The number of hydrogen-bond donors (Lipinski definition) is 0. The van der Waals surface area contributed by atoms with Gasteiger partial charge in [-0.25, -0.2) is 14.6 Å². The van der Waals surface area contributed by atoms with E-state index in [1.165, 1.54) is 11.3 Å². The van der Waals surface area contributed by atoms with Crippen LogP contribution in [0.5, 0.6) is 17.2 Å². The normalized spacial score (nSPS) is 14.2. The van der Waals surface area contributed by atoms with Crippen molar-refractivity contribution in [3.05, 3.63) is 117 Å². The summed E-state index contributed by atoms with van der Waals surface area (Å²) < 4.78 is 30.7. The zero-order chi connectivity index (χ0) is 34.4. The first kappa shape index (κ1) is 34.9. The number of nitrogens with zero attached hydrogens (tertiary/aromatic N) is 2. The largest absolute Gasteiger partial charge is 0.494 e. The van der Waals surface area contributed by atoms with E-state index in [4.69, 9.17) is 23.7 Å². The van der Waals surface area contributed by atoms with Gasteiger partial charge < -0.3 is 23.7 Å². The zero-order valence-corrected chi connectivity index (χ0v) is 30.2. The van der Waals surface area contributed by atoms with Crippen molar-refractivity contribution >= 4 is 51.9 Å². The van der Waals surface area contributed by atoms with Crippen LogP contribution >= 0.6 is 33.9 Å². The molecule has 10 nitrogen and oxygen atoms in total. The molecule has 48 heavy (non-hydrogen) atoms. The fourth-order valence-corrected chi connectivity index (χ4v) is 7.07. The van der Waals surface area contributed by atoms with E-state index in [0.29, 0.717) is 56.6 Å². The van der Waals surface area contributed by atoms with E-state index in [-0.39, 0.29) is 24.7 Å². The average molecular weight is 783 g/mol. The molecule has 3 aromatic carbocycles. The van der Waals surface area contributed by atoms with Crippen LogP contribution < -0.4 is 29.1 Å². The smallest absolute Gasteiger partial charge is 0.338 e. The maximum Gasteiger partial charge on any atom is 0.338 e. The van der Waals surface area contributed by atoms with Gasteiger partial charge in [0.05, 0.1) is 57.9 Å². The number of halogens is 1. The number of aromatic nitrogens is 1. The molecule has 1 aliphatic rings. The van der Waals surface area contributed by atoms with Gasteiger partial charge in [0, 0.05) is 0 Å². The van der Waals surface area contributed by atoms with Gasteiger partial charge in [-0.2, -0.15) is 0 Å². The highest BCUT2D eigenvalue weighted by Gasteiger charge is 2.33. The second kappa shape index (κ2) is 15.6. The first-order chi connectivity index (χ1) is 23.2. The lowest BCUT2D eigenvalue weighted by Gasteiger charge is -2.24. The van der Waals surface area contributed by atoms with E-state index in [1.54, 1.807) is 56.7 Å². The third kappa shape index (κ3) is 7.49. The summed E-state index contributed by atoms with van der Waals surface area (Å²) in [6.07, 6.45) is 1.78. The second-order valence-corrected chi connectivity index (χ2v) is 12.7. The Bertz CT molecular complexity index is 2030. The van der Waals surface area contributed by atoms with Gasteiger partial charge >= 0.3 is 11.9 Å². The lowest BCUT2D eigenvalue weighted by atomic mass is 9.96. The molecular formula is C36H35IN2O8S. The van der Waals surface area contributed by atoms with Crippen molar-refractivity contribution in [2.75, 3.05) is 26.9 Å². The van der Waals surface area contributed by atoms with Crippen LogP contribution in [0.2, 0.25) is 0 Å². The molecule has 0 saturated carbocycles. The highest BCUT2D eigenvalue weighted by molar-refractivity contribution is 14.1. The lowest BCUT2D eigenvalue weighted by molar-refractivity contribution is -0.139. The summed E-state index contributed by atoms with van der Waals surface area (Å²) in [6, 6.07) is 17.4. The summed E-state index contributed by atoms with van der Waals surface area (Å²) >= 11 is 3.42. The van der Waals surface area contributed by atoms with Crippen molar-refractivity contribution in [3.8, 4) is 17.2 Å². The molecule has 0 amide bonds. The minimum absolute atomic E-state index is 0.192. The number of esters is 2. The molecule has 4 aromatic rings. The molecule has 12 heteroatoms. The van der Waals surface area contributed by atoms with Crippen LogP contribution in [-0.2, 0) is 20.9 Å². The van der Waals surface area contributed by atoms with Crippen LogP contribution in [0.15, 0.2) is 81.7 Å². The van der Waals surface area contributed by atoms with Gasteiger partial charge in [-0.3, -0.25) is 9.36 Å². The molecule has 250 valence electrons. The van der Waals surface area contributed by atoms with Gasteiger partial charge in [-0.05, 0) is 109 Å². The van der Waals surface area contributed by atoms with Crippen molar-refractivity contribution < 1.29 is 33.3 Å². The number of thiazole rings is 1. The van der Waals surface area contributed by atoms with Gasteiger partial charge in [0.25, 0.3) is 5.56 Å². The molecule has 0 fully saturated rings. The van der Waals surface area contributed by atoms with Gasteiger partial charge in [0.2, 0.25) is 0 Å². The van der Waals surface area contributed by atoms with E-state index in [1.807, 2.05) is 49.4 Å². The Kier molecular flexibility index (Phi) is 11.4. The Morgan fingerprint density at radius 1 is 0.938 bits per heavy atom. The SMILES string of the molecule is CCOC(=O)C1=C(C)N=c2s/c(=C\c3cc(I)c(OCc4ccc(C(=O)OCC)cc4)c(OC)c3)c(=O)n2[C@H]1c1ccc(OCC)cc1. The molecular weight excluding hydrogens is 747 g/mol. The number of rotatable bonds is 12. The molecule has 0 saturated heterocycles. The number of ether oxygens (including phenoxy) is 5. The number of carbonyl (C=O) groups is 2. The molecule has 1 atom stereocenters. The maximum absolute atomic E-state index is 14.1. The molecule has 2 heterocycles. The zero-order valence-electron chi connectivity index (χ0n) is 27.2. The first-order valence-corrected chi connectivity index (χ1v) is 17.3. The molecule has 0 radical (unpaired) electrons. The Morgan fingerprint density at radius 3 is 2.27 bits per heavy atom. The number of carbonyl (C=O) groups excluding carboxylic acids is 2. The number of benzene rings is 3. The molecule has 0 N–H and O–H groups in total. The average Bonchev–Trinajstić information content (AvgIpc) is 3.37. The minimum atomic E-state index is -0.727. The van der Waals surface area contributed by atoms with Crippen molar-refractivity contribution in [3.63, 3.8) is 0 Å². The van der Waals surface area contributed by atoms with Gasteiger partial charge in [0.1, 0.15) is 12.4 Å². The van der Waals surface area contributed by atoms with E-state index in [0.717, 1.165) is 20.3 Å². The topological polar surface area (TPSA) is 115 Å². The van der Waals surface area contributed by atoms with Crippen LogP contribution in [-0.4, -0.2) is 43.4 Å². The monoisotopic (exact) mass is 782 g/mol. The Labute approximate surface area is 295 Å². The summed E-state index contributed by atoms with van der Waals surface area (Å²) in [5.41, 5.74) is 3.32. The fraction of sp³-hybridized carbons (Fsp3) is 0.278. The highest BCUT2D eigenvalue weighted by Crippen LogP contribution is 2.35. The number of methoxy groups -OCH3 is 1. The van der Waals surface area contributed by atoms with Crippen molar-refractivity contribution in [2.24, 2.45) is 4.99 Å². The molecule has 0 aliphatic carbocycles. The van der Waals surface area contributed by atoms with E-state index in [9.17, 15) is 14.4 Å². The van der Waals surface area contributed by atoms with Gasteiger partial charge in [-0.15, -0.1) is 0 Å². The Balaban J connectivity index is 1.49. The van der Waals surface area contributed by atoms with Crippen LogP contribution in [0.4, 0.5) is 0 Å². The van der Waals surface area contributed by atoms with E-state index < -0.39 is 12.0 Å². The molecule has 0 unspecified atom stereocenters. The molecule has 1 aromatic heterocycles. The Morgan fingerprint density at radius 2 is 1.62 bits per heavy atom. The van der Waals surface area contributed by atoms with Crippen LogP contribution in [0, 0.1) is 3.57 Å². The van der Waals surface area contributed by atoms with Gasteiger partial charge in [0.15, 0.2) is 16.3 Å². The predicted molar refractivity (Wildman–Crippen MR) is 190 cm³/mol. The fourth-order valence-electron chi connectivity index (χ4n) is 5.24. The third-order valence-corrected chi connectivity index (χ3v) is 9.21. The summed E-state index contributed by atoms with van der Waals surface area (Å²) in [6.45, 7) is 8.44. The third-order valence-electron chi connectivity index (χ3n) is 7.42. The van der Waals surface area contributed by atoms with E-state index >= 15 is 0 Å². The number of fused-ring (bicyclic) bond motifs is 1. The highest BCUT2D eigenvalue weighted by atomic mass is 127. The Hall–Kier alpha value is -4.43. The molecule has 0 bridgehead atoms. The summed E-state index contributed by atoms with van der Waals surface area (Å²) in [7, 11) is 1.56.